The van der Waals surface area contributed by atoms with Crippen LogP contribution in [0.5, 0.6) is 0 Å². The van der Waals surface area contributed by atoms with Gasteiger partial charge in [-0.15, -0.1) is 0 Å². The van der Waals surface area contributed by atoms with Crippen LogP contribution in [-0.2, 0) is 26.2 Å². The molecule has 0 saturated heterocycles. The SMILES string of the molecule is Cc1ccc(S(=O)(=O)N(CC(=O)N(Cc2ccccc2)[C@@H](C)C(=O)NC(C)(C)C)c2ccc(C)c(C)c2)cc1. The van der Waals surface area contributed by atoms with Crippen LogP contribution in [0, 0.1) is 20.8 Å². The third-order valence-corrected chi connectivity index (χ3v) is 8.32. The molecule has 0 heterocycles. The Bertz CT molecular complexity index is 1410. The fraction of sp³-hybridized carbons (Fsp3) is 0.355. The van der Waals surface area contributed by atoms with Gasteiger partial charge in [0.1, 0.15) is 12.6 Å². The summed E-state index contributed by atoms with van der Waals surface area (Å²) in [6.07, 6.45) is 0. The summed E-state index contributed by atoms with van der Waals surface area (Å²) in [5.74, 6) is -0.796. The molecular formula is C31H39N3O4S. The molecule has 0 spiro atoms. The molecule has 7 nitrogen and oxygen atoms in total. The summed E-state index contributed by atoms with van der Waals surface area (Å²) in [7, 11) is -4.09. The number of anilines is 1. The molecule has 0 aromatic heterocycles. The first-order chi connectivity index (χ1) is 18.2. The van der Waals surface area contributed by atoms with Crippen LogP contribution in [0.25, 0.3) is 0 Å². The predicted octanol–water partition coefficient (Wildman–Crippen LogP) is 5.14. The number of hydrogen-bond donors (Lipinski definition) is 1. The second-order valence-electron chi connectivity index (χ2n) is 11.0. The molecule has 1 atom stereocenters. The first-order valence-corrected chi connectivity index (χ1v) is 14.4. The van der Waals surface area contributed by atoms with Gasteiger partial charge < -0.3 is 10.2 Å². The molecule has 3 aromatic rings. The number of carbonyl (C=O) groups is 2. The van der Waals surface area contributed by atoms with Crippen LogP contribution in [-0.4, -0.2) is 43.3 Å². The largest absolute Gasteiger partial charge is 0.350 e. The number of benzene rings is 3. The van der Waals surface area contributed by atoms with Crippen molar-refractivity contribution in [2.24, 2.45) is 0 Å². The van der Waals surface area contributed by atoms with Gasteiger partial charge in [0.05, 0.1) is 10.6 Å². The third kappa shape index (κ3) is 7.69. The molecule has 39 heavy (non-hydrogen) atoms. The van der Waals surface area contributed by atoms with Crippen LogP contribution in [0.3, 0.4) is 0 Å². The minimum Gasteiger partial charge on any atom is -0.350 e. The van der Waals surface area contributed by atoms with Gasteiger partial charge in [-0.1, -0.05) is 54.1 Å². The topological polar surface area (TPSA) is 86.8 Å². The highest BCUT2D eigenvalue weighted by Crippen LogP contribution is 2.27. The second-order valence-corrected chi connectivity index (χ2v) is 12.9. The van der Waals surface area contributed by atoms with Crippen molar-refractivity contribution in [2.75, 3.05) is 10.8 Å². The van der Waals surface area contributed by atoms with E-state index in [0.29, 0.717) is 5.69 Å². The summed E-state index contributed by atoms with van der Waals surface area (Å²) in [6, 6.07) is 20.4. The molecular weight excluding hydrogens is 510 g/mol. The molecule has 0 fully saturated rings. The van der Waals surface area contributed by atoms with Crippen molar-refractivity contribution in [3.05, 3.63) is 95.1 Å². The van der Waals surface area contributed by atoms with Gasteiger partial charge in [0.15, 0.2) is 0 Å². The Balaban J connectivity index is 2.05. The van der Waals surface area contributed by atoms with E-state index >= 15 is 0 Å². The number of nitrogens with zero attached hydrogens (tertiary/aromatic N) is 2. The smallest absolute Gasteiger partial charge is 0.264 e. The lowest BCUT2D eigenvalue weighted by atomic mass is 10.1. The highest BCUT2D eigenvalue weighted by molar-refractivity contribution is 7.92. The number of nitrogens with one attached hydrogen (secondary N) is 1. The minimum atomic E-state index is -4.09. The molecule has 208 valence electrons. The Kier molecular flexibility index (Phi) is 9.22. The number of sulfonamides is 1. The normalized spacial score (nSPS) is 12.5. The zero-order valence-corrected chi connectivity index (χ0v) is 24.7. The molecule has 0 unspecified atom stereocenters. The number of rotatable bonds is 9. The van der Waals surface area contributed by atoms with Crippen LogP contribution in [0.2, 0.25) is 0 Å². The van der Waals surface area contributed by atoms with E-state index in [1.165, 1.54) is 4.90 Å². The molecule has 3 rings (SSSR count). The summed E-state index contributed by atoms with van der Waals surface area (Å²) in [5.41, 5.74) is 3.57. The van der Waals surface area contributed by atoms with Crippen molar-refractivity contribution in [2.45, 2.75) is 71.5 Å². The molecule has 0 radical (unpaired) electrons. The zero-order valence-electron chi connectivity index (χ0n) is 23.9. The number of hydrogen-bond acceptors (Lipinski definition) is 4. The molecule has 3 aromatic carbocycles. The Morgan fingerprint density at radius 2 is 1.49 bits per heavy atom. The maximum atomic E-state index is 14.0. The van der Waals surface area contributed by atoms with Gasteiger partial charge in [-0.3, -0.25) is 13.9 Å². The van der Waals surface area contributed by atoms with Gasteiger partial charge in [0, 0.05) is 12.1 Å². The average Bonchev–Trinajstić information content (AvgIpc) is 2.86. The van der Waals surface area contributed by atoms with Gasteiger partial charge in [-0.05, 0) is 89.4 Å². The highest BCUT2D eigenvalue weighted by atomic mass is 32.2. The number of aryl methyl sites for hydroxylation is 3. The van der Waals surface area contributed by atoms with Crippen LogP contribution < -0.4 is 9.62 Å². The van der Waals surface area contributed by atoms with Crippen molar-refractivity contribution in [1.29, 1.82) is 0 Å². The van der Waals surface area contributed by atoms with Gasteiger partial charge in [-0.2, -0.15) is 0 Å². The van der Waals surface area contributed by atoms with E-state index in [-0.39, 0.29) is 17.3 Å². The van der Waals surface area contributed by atoms with Crippen molar-refractivity contribution in [3.63, 3.8) is 0 Å². The maximum Gasteiger partial charge on any atom is 0.264 e. The fourth-order valence-electron chi connectivity index (χ4n) is 4.08. The predicted molar refractivity (Wildman–Crippen MR) is 156 cm³/mol. The van der Waals surface area contributed by atoms with Crippen LogP contribution in [0.15, 0.2) is 77.7 Å². The Morgan fingerprint density at radius 3 is 2.05 bits per heavy atom. The Hall–Kier alpha value is -3.65. The number of carbonyl (C=O) groups excluding carboxylic acids is 2. The van der Waals surface area contributed by atoms with Crippen molar-refractivity contribution < 1.29 is 18.0 Å². The first kappa shape index (κ1) is 29.9. The van der Waals surface area contributed by atoms with Crippen molar-refractivity contribution >= 4 is 27.5 Å². The van der Waals surface area contributed by atoms with E-state index in [4.69, 9.17) is 0 Å². The van der Waals surface area contributed by atoms with E-state index in [1.54, 1.807) is 43.3 Å². The quantitative estimate of drug-likeness (QED) is 0.401. The molecule has 2 amide bonds. The highest BCUT2D eigenvalue weighted by Gasteiger charge is 2.33. The number of amides is 2. The summed E-state index contributed by atoms with van der Waals surface area (Å²) in [6.45, 7) is 12.7. The maximum absolute atomic E-state index is 14.0. The fourth-order valence-corrected chi connectivity index (χ4v) is 5.49. The van der Waals surface area contributed by atoms with Gasteiger partial charge >= 0.3 is 0 Å². The molecule has 8 heteroatoms. The summed E-state index contributed by atoms with van der Waals surface area (Å²) >= 11 is 0. The lowest BCUT2D eigenvalue weighted by Crippen LogP contribution is -2.54. The van der Waals surface area contributed by atoms with Crippen molar-refractivity contribution in [3.8, 4) is 0 Å². The first-order valence-electron chi connectivity index (χ1n) is 13.0. The van der Waals surface area contributed by atoms with Crippen LogP contribution >= 0.6 is 0 Å². The van der Waals surface area contributed by atoms with E-state index < -0.39 is 34.1 Å². The lowest BCUT2D eigenvalue weighted by Gasteiger charge is -2.33. The third-order valence-electron chi connectivity index (χ3n) is 6.53. The molecule has 0 aliphatic heterocycles. The average molecular weight is 550 g/mol. The van der Waals surface area contributed by atoms with E-state index in [2.05, 4.69) is 5.32 Å². The van der Waals surface area contributed by atoms with Gasteiger partial charge in [0.25, 0.3) is 10.0 Å². The molecule has 0 aliphatic carbocycles. The standard InChI is InChI=1S/C31H39N3O4S/c1-22-13-17-28(18-14-22)39(37,38)34(27-16-15-23(2)24(3)19-27)21-29(35)33(20-26-11-9-8-10-12-26)25(4)30(36)32-31(5,6)7/h8-19,25H,20-21H2,1-7H3,(H,32,36)/t25-/m0/s1. The van der Waals surface area contributed by atoms with Gasteiger partial charge in [0.2, 0.25) is 11.8 Å². The molecule has 1 N–H and O–H groups in total. The van der Waals surface area contributed by atoms with E-state index in [0.717, 1.165) is 26.6 Å². The monoisotopic (exact) mass is 549 g/mol. The molecule has 0 aliphatic rings. The summed E-state index contributed by atoms with van der Waals surface area (Å²) in [5, 5.41) is 2.94. The molecule has 0 saturated carbocycles. The van der Waals surface area contributed by atoms with E-state index in [1.807, 2.05) is 77.9 Å². The van der Waals surface area contributed by atoms with Gasteiger partial charge in [-0.25, -0.2) is 8.42 Å². The molecule has 0 bridgehead atoms. The minimum absolute atomic E-state index is 0.0901. The van der Waals surface area contributed by atoms with Crippen molar-refractivity contribution in [1.82, 2.24) is 10.2 Å². The van der Waals surface area contributed by atoms with E-state index in [9.17, 15) is 18.0 Å². The Labute approximate surface area is 232 Å². The zero-order chi connectivity index (χ0) is 29.0. The summed E-state index contributed by atoms with van der Waals surface area (Å²) in [4.78, 5) is 28.6. The van der Waals surface area contributed by atoms with Crippen LogP contribution in [0.4, 0.5) is 5.69 Å². The Morgan fingerprint density at radius 1 is 0.872 bits per heavy atom. The van der Waals surface area contributed by atoms with Crippen LogP contribution in [0.1, 0.15) is 49.9 Å². The lowest BCUT2D eigenvalue weighted by molar-refractivity contribution is -0.140. The summed E-state index contributed by atoms with van der Waals surface area (Å²) < 4.78 is 29.0. The second kappa shape index (κ2) is 12.0.